The zero-order chi connectivity index (χ0) is 31.8. The summed E-state index contributed by atoms with van der Waals surface area (Å²) < 4.78 is 42.5. The molecule has 1 saturated carbocycles. The van der Waals surface area contributed by atoms with E-state index in [1.807, 2.05) is 6.07 Å². The molecule has 2 heterocycles. The summed E-state index contributed by atoms with van der Waals surface area (Å²) in [5.41, 5.74) is -1.01. The van der Waals surface area contributed by atoms with Gasteiger partial charge in [0.2, 0.25) is 11.8 Å². The number of nitrogens with one attached hydrogen (secondary N) is 1. The second kappa shape index (κ2) is 12.7. The molecule has 3 aromatic rings. The molecular weight excluding hydrogens is 587 g/mol. The van der Waals surface area contributed by atoms with E-state index in [9.17, 15) is 33.5 Å². The maximum Gasteiger partial charge on any atom is 0.252 e. The highest BCUT2D eigenvalue weighted by Crippen LogP contribution is 2.39. The lowest BCUT2D eigenvalue weighted by atomic mass is 9.87. The molecule has 45 heavy (non-hydrogen) atoms. The van der Waals surface area contributed by atoms with Crippen molar-refractivity contribution in [3.8, 4) is 6.07 Å². The Morgan fingerprint density at radius 1 is 1.16 bits per heavy atom. The fraction of sp³-hybridized carbons (Fsp3) is 0.364. The van der Waals surface area contributed by atoms with Crippen molar-refractivity contribution < 1.29 is 32.7 Å². The van der Waals surface area contributed by atoms with Crippen molar-refractivity contribution in [1.29, 1.82) is 5.26 Å². The van der Waals surface area contributed by atoms with Gasteiger partial charge in [0.15, 0.2) is 0 Å². The van der Waals surface area contributed by atoms with E-state index in [0.717, 1.165) is 21.9 Å². The number of halogens is 3. The number of anilines is 2. The van der Waals surface area contributed by atoms with Crippen LogP contribution in [0.3, 0.4) is 0 Å². The minimum atomic E-state index is -2.92. The monoisotopic (exact) mass is 621 g/mol. The van der Waals surface area contributed by atoms with Crippen LogP contribution in [0.15, 0.2) is 66.9 Å². The van der Waals surface area contributed by atoms with Crippen LogP contribution < -0.4 is 15.1 Å². The second-order valence-electron chi connectivity index (χ2n) is 11.6. The Balaban J connectivity index is 0.00000461. The molecule has 1 saturated heterocycles. The molecule has 0 radical (unpaired) electrons. The predicted octanol–water partition coefficient (Wildman–Crippen LogP) is 5.14. The summed E-state index contributed by atoms with van der Waals surface area (Å²) in [6.45, 7) is 2.86. The van der Waals surface area contributed by atoms with Crippen LogP contribution in [0.2, 0.25) is 0 Å². The first-order chi connectivity index (χ1) is 20.8. The highest BCUT2D eigenvalue weighted by Gasteiger charge is 2.48. The van der Waals surface area contributed by atoms with E-state index in [4.69, 9.17) is 0 Å². The van der Waals surface area contributed by atoms with Gasteiger partial charge in [-0.25, -0.2) is 18.2 Å². The van der Waals surface area contributed by atoms with Crippen LogP contribution in [-0.2, 0) is 20.0 Å². The lowest BCUT2D eigenvalue weighted by molar-refractivity contribution is -0.133. The molecule has 2 atom stereocenters. The van der Waals surface area contributed by atoms with Crippen LogP contribution >= 0.6 is 0 Å². The van der Waals surface area contributed by atoms with Crippen molar-refractivity contribution >= 4 is 29.2 Å². The summed E-state index contributed by atoms with van der Waals surface area (Å²) in [5, 5.41) is 22.7. The Morgan fingerprint density at radius 2 is 1.84 bits per heavy atom. The quantitative estimate of drug-likeness (QED) is 0.359. The molecule has 236 valence electrons. The Hall–Kier alpha value is -4.76. The van der Waals surface area contributed by atoms with E-state index in [0.29, 0.717) is 5.56 Å². The molecule has 2 aliphatic rings. The first-order valence-corrected chi connectivity index (χ1v) is 14.1. The lowest BCUT2D eigenvalue weighted by Gasteiger charge is -2.39. The van der Waals surface area contributed by atoms with Crippen molar-refractivity contribution in [2.24, 2.45) is 0 Å². The van der Waals surface area contributed by atoms with Gasteiger partial charge >= 0.3 is 0 Å². The molecule has 3 amide bonds. The SMILES string of the molecule is C.CC(C)(O)c1cc(F)cc(N(C(=O)[C@@H]2CCC(=O)N2c2cc(C#N)ccn2)[C@H](C(=O)NC2CC(F)(F)C2)c2ccccc2)c1. The summed E-state index contributed by atoms with van der Waals surface area (Å²) in [4.78, 5) is 48.1. The van der Waals surface area contributed by atoms with E-state index in [2.05, 4.69) is 10.3 Å². The number of alkyl halides is 2. The normalized spacial score (nSPS) is 18.3. The minimum Gasteiger partial charge on any atom is -0.386 e. The first-order valence-electron chi connectivity index (χ1n) is 14.1. The maximum absolute atomic E-state index is 15.1. The van der Waals surface area contributed by atoms with Gasteiger partial charge in [-0.3, -0.25) is 24.2 Å². The smallest absolute Gasteiger partial charge is 0.252 e. The van der Waals surface area contributed by atoms with Gasteiger partial charge in [-0.1, -0.05) is 37.8 Å². The molecule has 12 heteroatoms. The third-order valence-corrected chi connectivity index (χ3v) is 7.78. The largest absolute Gasteiger partial charge is 0.386 e. The summed E-state index contributed by atoms with van der Waals surface area (Å²) in [5.74, 6) is -5.66. The number of nitrogens with zero attached hydrogens (tertiary/aromatic N) is 4. The number of aromatic nitrogens is 1. The highest BCUT2D eigenvalue weighted by atomic mass is 19.3. The molecule has 0 spiro atoms. The van der Waals surface area contributed by atoms with Gasteiger partial charge in [-0.2, -0.15) is 5.26 Å². The zero-order valence-corrected chi connectivity index (χ0v) is 24.0. The maximum atomic E-state index is 15.1. The molecule has 1 aliphatic carbocycles. The van der Waals surface area contributed by atoms with Crippen LogP contribution in [-0.4, -0.2) is 45.8 Å². The Morgan fingerprint density at radius 3 is 2.47 bits per heavy atom. The van der Waals surface area contributed by atoms with E-state index < -0.39 is 66.0 Å². The van der Waals surface area contributed by atoms with Crippen molar-refractivity contribution in [2.75, 3.05) is 9.80 Å². The van der Waals surface area contributed by atoms with E-state index in [-0.39, 0.29) is 42.9 Å². The van der Waals surface area contributed by atoms with Gasteiger partial charge in [0.05, 0.1) is 17.2 Å². The Labute approximate surface area is 259 Å². The number of amides is 3. The van der Waals surface area contributed by atoms with Gasteiger partial charge in [-0.05, 0) is 61.7 Å². The Kier molecular flexibility index (Phi) is 9.35. The van der Waals surface area contributed by atoms with Crippen molar-refractivity contribution in [2.45, 2.75) is 76.6 Å². The standard InChI is InChI=1S/C32H30F3N5O4.CH4/c1-31(2,44)21-13-22(33)15-24(14-21)39(28(20-6-4-3-5-7-20)29(42)38-23-16-32(34,35)17-23)30(43)25-8-9-27(41)40(25)26-12-19(18-36)10-11-37-26;/h3-7,10-15,23,25,28,44H,8-9,16-17H2,1-2H3,(H,38,42);1H4/t25-,28-;/m0./s1. The van der Waals surface area contributed by atoms with E-state index in [1.54, 1.807) is 30.3 Å². The third-order valence-electron chi connectivity index (χ3n) is 7.78. The average molecular weight is 622 g/mol. The van der Waals surface area contributed by atoms with Crippen molar-refractivity contribution in [3.63, 3.8) is 0 Å². The number of pyridine rings is 1. The summed E-state index contributed by atoms with van der Waals surface area (Å²) in [6, 6.07) is 12.9. The van der Waals surface area contributed by atoms with Gasteiger partial charge in [0.25, 0.3) is 11.8 Å². The second-order valence-corrected chi connectivity index (χ2v) is 11.6. The summed E-state index contributed by atoms with van der Waals surface area (Å²) in [7, 11) is 0. The fourth-order valence-electron chi connectivity index (χ4n) is 5.55. The molecule has 2 aromatic carbocycles. The van der Waals surface area contributed by atoms with E-state index in [1.165, 1.54) is 38.2 Å². The molecule has 9 nitrogen and oxygen atoms in total. The minimum absolute atomic E-state index is 0. The molecule has 5 rings (SSSR count). The van der Waals surface area contributed by atoms with Gasteiger partial charge < -0.3 is 10.4 Å². The topological polar surface area (TPSA) is 127 Å². The number of hydrogen-bond donors (Lipinski definition) is 2. The van der Waals surface area contributed by atoms with Crippen molar-refractivity contribution in [3.05, 3.63) is 89.4 Å². The Bertz CT molecular complexity index is 1630. The number of carbonyl (C=O) groups is 3. The molecule has 1 aliphatic heterocycles. The van der Waals surface area contributed by atoms with Crippen LogP contribution in [0.4, 0.5) is 24.7 Å². The fourth-order valence-corrected chi connectivity index (χ4v) is 5.55. The van der Waals surface area contributed by atoms with Gasteiger partial charge in [0, 0.05) is 37.2 Å². The zero-order valence-electron chi connectivity index (χ0n) is 24.0. The van der Waals surface area contributed by atoms with Crippen molar-refractivity contribution in [1.82, 2.24) is 10.3 Å². The number of carbonyl (C=O) groups excluding carboxylic acids is 3. The third kappa shape index (κ3) is 6.99. The molecule has 2 N–H and O–H groups in total. The predicted molar refractivity (Wildman–Crippen MR) is 161 cm³/mol. The van der Waals surface area contributed by atoms with Crippen LogP contribution in [0, 0.1) is 17.1 Å². The molecule has 2 fully saturated rings. The molecule has 1 aromatic heterocycles. The molecule has 0 unspecified atom stereocenters. The van der Waals surface area contributed by atoms with Crippen LogP contribution in [0.5, 0.6) is 0 Å². The summed E-state index contributed by atoms with van der Waals surface area (Å²) in [6.07, 6.45) is 0.180. The lowest BCUT2D eigenvalue weighted by Crippen LogP contribution is -2.56. The molecule has 0 bridgehead atoms. The van der Waals surface area contributed by atoms with Crippen LogP contribution in [0.1, 0.15) is 69.7 Å². The van der Waals surface area contributed by atoms with Gasteiger partial charge in [0.1, 0.15) is 23.7 Å². The number of benzene rings is 2. The average Bonchev–Trinajstić information content (AvgIpc) is 3.35. The van der Waals surface area contributed by atoms with E-state index >= 15 is 4.39 Å². The van der Waals surface area contributed by atoms with Crippen LogP contribution in [0.25, 0.3) is 0 Å². The number of hydrogen-bond acceptors (Lipinski definition) is 6. The molecular formula is C33H34F3N5O4. The number of nitriles is 1. The first kappa shape index (κ1) is 33.1. The summed E-state index contributed by atoms with van der Waals surface area (Å²) >= 11 is 0. The van der Waals surface area contributed by atoms with Gasteiger partial charge in [-0.15, -0.1) is 0 Å². The highest BCUT2D eigenvalue weighted by molar-refractivity contribution is 6.10. The number of rotatable bonds is 8. The number of aliphatic hydroxyl groups is 1.